The summed E-state index contributed by atoms with van der Waals surface area (Å²) in [7, 11) is 0. The molecule has 1 aromatic carbocycles. The molecule has 0 fully saturated rings. The third kappa shape index (κ3) is 17.1. The lowest BCUT2D eigenvalue weighted by Crippen LogP contribution is -1.99. The summed E-state index contributed by atoms with van der Waals surface area (Å²) in [4.78, 5) is 0. The van der Waals surface area contributed by atoms with Crippen LogP contribution in [-0.4, -0.2) is 6.54 Å². The van der Waals surface area contributed by atoms with Crippen molar-refractivity contribution in [1.29, 1.82) is 0 Å². The first-order valence-corrected chi connectivity index (χ1v) is 9.14. The monoisotopic (exact) mass is 295 g/mol. The maximum absolute atomic E-state index is 5.47. The zero-order valence-corrected chi connectivity index (χ0v) is 15.8. The van der Waals surface area contributed by atoms with Crippen molar-refractivity contribution in [1.82, 2.24) is 0 Å². The van der Waals surface area contributed by atoms with E-state index < -0.39 is 0 Å². The van der Waals surface area contributed by atoms with Gasteiger partial charge in [-0.15, -0.1) is 0 Å². The van der Waals surface area contributed by atoms with Crippen LogP contribution >= 0.6 is 0 Å². The molecule has 0 saturated heterocycles. The van der Waals surface area contributed by atoms with E-state index in [0.29, 0.717) is 0 Å². The molecule has 2 N–H and O–H groups in total. The van der Waals surface area contributed by atoms with Crippen molar-refractivity contribution >= 4 is 0 Å². The number of rotatable bonds is 7. The van der Waals surface area contributed by atoms with Crippen molar-refractivity contribution in [2.45, 2.75) is 87.0 Å². The van der Waals surface area contributed by atoms with E-state index in [1.807, 2.05) is 41.5 Å². The SMILES string of the molecule is CC.CC.CC.CCCCc1ccc(CCCCN)cc1. The summed E-state index contributed by atoms with van der Waals surface area (Å²) in [6.07, 6.45) is 7.32. The number of hydrogen-bond donors (Lipinski definition) is 1. The predicted molar refractivity (Wildman–Crippen MR) is 101 cm³/mol. The fourth-order valence-corrected chi connectivity index (χ4v) is 1.73. The van der Waals surface area contributed by atoms with Gasteiger partial charge in [-0.05, 0) is 49.8 Å². The Morgan fingerprint density at radius 2 is 1.05 bits per heavy atom. The fourth-order valence-electron chi connectivity index (χ4n) is 1.73. The van der Waals surface area contributed by atoms with Crippen molar-refractivity contribution in [3.63, 3.8) is 0 Å². The summed E-state index contributed by atoms with van der Waals surface area (Å²) < 4.78 is 0. The molecule has 0 atom stereocenters. The molecule has 0 aromatic heterocycles. The number of aryl methyl sites for hydroxylation is 2. The molecule has 0 radical (unpaired) electrons. The van der Waals surface area contributed by atoms with Crippen LogP contribution < -0.4 is 5.73 Å². The molecule has 0 heterocycles. The summed E-state index contributed by atoms with van der Waals surface area (Å²) in [5.74, 6) is 0. The predicted octanol–water partition coefficient (Wildman–Crippen LogP) is 6.39. The Bertz CT molecular complexity index is 251. The van der Waals surface area contributed by atoms with E-state index in [1.165, 1.54) is 43.2 Å². The Morgan fingerprint density at radius 1 is 0.667 bits per heavy atom. The second-order valence-corrected chi connectivity index (χ2v) is 4.17. The average Bonchev–Trinajstić information content (AvgIpc) is 2.60. The van der Waals surface area contributed by atoms with E-state index in [4.69, 9.17) is 5.73 Å². The second kappa shape index (κ2) is 24.2. The number of benzene rings is 1. The summed E-state index contributed by atoms with van der Waals surface area (Å²) in [6.45, 7) is 15.1. The van der Waals surface area contributed by atoms with E-state index in [-0.39, 0.29) is 0 Å². The molecule has 0 aliphatic rings. The summed E-state index contributed by atoms with van der Waals surface area (Å²) >= 11 is 0. The first kappa shape index (κ1) is 25.2. The van der Waals surface area contributed by atoms with E-state index in [1.54, 1.807) is 0 Å². The molecule has 0 saturated carbocycles. The van der Waals surface area contributed by atoms with E-state index in [2.05, 4.69) is 31.2 Å². The lowest BCUT2D eigenvalue weighted by Gasteiger charge is -2.03. The number of hydrogen-bond acceptors (Lipinski definition) is 1. The van der Waals surface area contributed by atoms with Gasteiger partial charge in [0.1, 0.15) is 0 Å². The number of nitrogens with two attached hydrogens (primary N) is 1. The van der Waals surface area contributed by atoms with Crippen LogP contribution in [0.15, 0.2) is 24.3 Å². The highest BCUT2D eigenvalue weighted by Gasteiger charge is 1.95. The lowest BCUT2D eigenvalue weighted by molar-refractivity contribution is 0.744. The summed E-state index contributed by atoms with van der Waals surface area (Å²) in [5, 5.41) is 0. The molecule has 1 nitrogen and oxygen atoms in total. The minimum absolute atomic E-state index is 0.814. The van der Waals surface area contributed by atoms with E-state index in [0.717, 1.165) is 13.0 Å². The standard InChI is InChI=1S/C14H23N.3C2H6/c1-2-3-6-13-8-10-14(11-9-13)7-4-5-12-15;3*1-2/h8-11H,2-7,12,15H2,1H3;3*1-2H3. The molecule has 126 valence electrons. The average molecular weight is 296 g/mol. The molecule has 0 bridgehead atoms. The van der Waals surface area contributed by atoms with Crippen LogP contribution in [0.2, 0.25) is 0 Å². The largest absolute Gasteiger partial charge is 0.330 e. The highest BCUT2D eigenvalue weighted by Crippen LogP contribution is 2.10. The molecule has 0 amide bonds. The maximum atomic E-state index is 5.47. The zero-order valence-electron chi connectivity index (χ0n) is 15.8. The molecule has 21 heavy (non-hydrogen) atoms. The zero-order chi connectivity index (χ0) is 16.9. The maximum Gasteiger partial charge on any atom is -0.00772 e. The van der Waals surface area contributed by atoms with Crippen LogP contribution in [0.3, 0.4) is 0 Å². The normalized spacial score (nSPS) is 8.38. The van der Waals surface area contributed by atoms with Gasteiger partial charge in [0.15, 0.2) is 0 Å². The molecule has 0 aliphatic heterocycles. The first-order valence-electron chi connectivity index (χ1n) is 9.14. The number of unbranched alkanes of at least 4 members (excludes halogenated alkanes) is 2. The fraction of sp³-hybridized carbons (Fsp3) is 0.700. The van der Waals surface area contributed by atoms with E-state index >= 15 is 0 Å². The van der Waals surface area contributed by atoms with Gasteiger partial charge in [-0.1, -0.05) is 79.2 Å². The summed E-state index contributed by atoms with van der Waals surface area (Å²) in [5.41, 5.74) is 8.39. The molecule has 0 aliphatic carbocycles. The van der Waals surface area contributed by atoms with Crippen molar-refractivity contribution in [3.05, 3.63) is 35.4 Å². The first-order chi connectivity index (χ1) is 10.4. The minimum atomic E-state index is 0.814. The molecule has 0 spiro atoms. The van der Waals surface area contributed by atoms with Gasteiger partial charge in [-0.25, -0.2) is 0 Å². The molecule has 1 aromatic rings. The van der Waals surface area contributed by atoms with Gasteiger partial charge in [-0.3, -0.25) is 0 Å². The van der Waals surface area contributed by atoms with Gasteiger partial charge in [0.25, 0.3) is 0 Å². The highest BCUT2D eigenvalue weighted by molar-refractivity contribution is 5.22. The van der Waals surface area contributed by atoms with Gasteiger partial charge in [-0.2, -0.15) is 0 Å². The third-order valence-electron chi connectivity index (χ3n) is 2.76. The van der Waals surface area contributed by atoms with Crippen molar-refractivity contribution < 1.29 is 0 Å². The smallest absolute Gasteiger partial charge is 0.00772 e. The topological polar surface area (TPSA) is 26.0 Å². The van der Waals surface area contributed by atoms with Crippen LogP contribution in [0, 0.1) is 0 Å². The highest BCUT2D eigenvalue weighted by atomic mass is 14.5. The van der Waals surface area contributed by atoms with Gasteiger partial charge in [0.2, 0.25) is 0 Å². The van der Waals surface area contributed by atoms with E-state index in [9.17, 15) is 0 Å². The minimum Gasteiger partial charge on any atom is -0.330 e. The lowest BCUT2D eigenvalue weighted by atomic mass is 10.0. The van der Waals surface area contributed by atoms with Crippen LogP contribution in [0.5, 0.6) is 0 Å². The quantitative estimate of drug-likeness (QED) is 0.579. The Kier molecular flexibility index (Phi) is 29.0. The van der Waals surface area contributed by atoms with Gasteiger partial charge in [0, 0.05) is 0 Å². The van der Waals surface area contributed by atoms with Crippen LogP contribution in [-0.2, 0) is 12.8 Å². The Hall–Kier alpha value is -0.820. The second-order valence-electron chi connectivity index (χ2n) is 4.17. The van der Waals surface area contributed by atoms with Gasteiger partial charge >= 0.3 is 0 Å². The van der Waals surface area contributed by atoms with Gasteiger partial charge in [0.05, 0.1) is 0 Å². The Morgan fingerprint density at radius 3 is 1.38 bits per heavy atom. The molecule has 1 rings (SSSR count). The van der Waals surface area contributed by atoms with Gasteiger partial charge < -0.3 is 5.73 Å². The molecular weight excluding hydrogens is 254 g/mol. The Balaban J connectivity index is -0.000000478. The molecule has 1 heteroatoms. The van der Waals surface area contributed by atoms with Crippen LogP contribution in [0.25, 0.3) is 0 Å². The van der Waals surface area contributed by atoms with Crippen LogP contribution in [0.1, 0.15) is 85.3 Å². The van der Waals surface area contributed by atoms with Crippen molar-refractivity contribution in [2.24, 2.45) is 5.73 Å². The van der Waals surface area contributed by atoms with Crippen LogP contribution in [0.4, 0.5) is 0 Å². The Labute approximate surface area is 135 Å². The molecule has 0 unspecified atom stereocenters. The molecular formula is C20H41N. The van der Waals surface area contributed by atoms with Crippen molar-refractivity contribution in [2.75, 3.05) is 6.54 Å². The van der Waals surface area contributed by atoms with Crippen molar-refractivity contribution in [3.8, 4) is 0 Å². The summed E-state index contributed by atoms with van der Waals surface area (Å²) in [6, 6.07) is 9.07. The third-order valence-corrected chi connectivity index (χ3v) is 2.76.